The van der Waals surface area contributed by atoms with Crippen LogP contribution in [-0.2, 0) is 13.1 Å². The lowest BCUT2D eigenvalue weighted by atomic mass is 10.2. The number of rotatable bonds is 8. The molecule has 0 saturated carbocycles. The first kappa shape index (κ1) is 17.8. The maximum Gasteiger partial charge on any atom is 0.189 e. The quantitative estimate of drug-likeness (QED) is 0.577. The molecule has 0 bridgehead atoms. The van der Waals surface area contributed by atoms with E-state index in [0.717, 1.165) is 17.9 Å². The van der Waals surface area contributed by atoms with Gasteiger partial charge in [-0.1, -0.05) is 42.5 Å². The van der Waals surface area contributed by atoms with Crippen LogP contribution in [0.15, 0.2) is 59.6 Å². The molecule has 5 nitrogen and oxygen atoms in total. The molecule has 5 heteroatoms. The monoisotopic (exact) mass is 326 g/mol. The number of hydrogen-bond acceptors (Lipinski definition) is 3. The van der Waals surface area contributed by atoms with Gasteiger partial charge in [-0.2, -0.15) is 0 Å². The zero-order valence-corrected chi connectivity index (χ0v) is 14.4. The van der Waals surface area contributed by atoms with E-state index in [-0.39, 0.29) is 0 Å². The van der Waals surface area contributed by atoms with Crippen molar-refractivity contribution in [3.8, 4) is 5.75 Å². The zero-order valence-electron chi connectivity index (χ0n) is 14.4. The van der Waals surface area contributed by atoms with Crippen LogP contribution in [0.25, 0.3) is 0 Å². The Bertz CT molecular complexity index is 641. The Morgan fingerprint density at radius 2 is 1.83 bits per heavy atom. The van der Waals surface area contributed by atoms with Crippen molar-refractivity contribution in [2.45, 2.75) is 13.1 Å². The molecule has 0 amide bonds. The van der Waals surface area contributed by atoms with E-state index in [4.69, 9.17) is 10.5 Å². The number of likely N-dealkylation sites (N-methyl/N-ethyl adjacent to an activating group) is 1. The van der Waals surface area contributed by atoms with Crippen LogP contribution < -0.4 is 15.8 Å². The number of nitrogens with zero attached hydrogens (tertiary/aromatic N) is 2. The van der Waals surface area contributed by atoms with E-state index >= 15 is 0 Å². The second-order valence-electron chi connectivity index (χ2n) is 5.84. The predicted molar refractivity (Wildman–Crippen MR) is 99.1 cm³/mol. The standard InChI is InChI=1S/C19H26N4O/c1-23(2)11-12-24-18-10-6-9-17(13-18)15-22-19(20)21-14-16-7-4-3-5-8-16/h3-10,13H,11-12,14-15H2,1-2H3,(H3,20,21,22). The molecule has 0 spiro atoms. The number of guanidine groups is 1. The summed E-state index contributed by atoms with van der Waals surface area (Å²) >= 11 is 0. The highest BCUT2D eigenvalue weighted by Crippen LogP contribution is 2.14. The van der Waals surface area contributed by atoms with Crippen molar-refractivity contribution in [2.75, 3.05) is 27.2 Å². The first-order valence-electron chi connectivity index (χ1n) is 8.07. The molecule has 0 unspecified atom stereocenters. The van der Waals surface area contributed by atoms with Crippen molar-refractivity contribution in [2.24, 2.45) is 10.7 Å². The lowest BCUT2D eigenvalue weighted by Gasteiger charge is -2.11. The molecule has 0 fully saturated rings. The van der Waals surface area contributed by atoms with Crippen LogP contribution in [0.3, 0.4) is 0 Å². The van der Waals surface area contributed by atoms with Crippen LogP contribution in [0.5, 0.6) is 5.75 Å². The summed E-state index contributed by atoms with van der Waals surface area (Å²) in [5.41, 5.74) is 8.17. The Morgan fingerprint density at radius 1 is 1.08 bits per heavy atom. The number of ether oxygens (including phenoxy) is 1. The highest BCUT2D eigenvalue weighted by Gasteiger charge is 1.99. The van der Waals surface area contributed by atoms with E-state index in [1.807, 2.05) is 56.6 Å². The summed E-state index contributed by atoms with van der Waals surface area (Å²) in [6.45, 7) is 2.75. The molecule has 0 aliphatic rings. The van der Waals surface area contributed by atoms with E-state index < -0.39 is 0 Å². The Morgan fingerprint density at radius 3 is 2.58 bits per heavy atom. The first-order valence-corrected chi connectivity index (χ1v) is 8.07. The zero-order chi connectivity index (χ0) is 17.2. The van der Waals surface area contributed by atoms with Crippen LogP contribution in [0.4, 0.5) is 0 Å². The smallest absolute Gasteiger partial charge is 0.189 e. The van der Waals surface area contributed by atoms with E-state index in [1.165, 1.54) is 5.56 Å². The van der Waals surface area contributed by atoms with Crippen LogP contribution in [-0.4, -0.2) is 38.1 Å². The topological polar surface area (TPSA) is 62.9 Å². The maximum absolute atomic E-state index is 5.92. The third-order valence-electron chi connectivity index (χ3n) is 3.45. The molecule has 0 radical (unpaired) electrons. The Kier molecular flexibility index (Phi) is 7.11. The van der Waals surface area contributed by atoms with Gasteiger partial charge in [0.2, 0.25) is 0 Å². The van der Waals surface area contributed by atoms with Gasteiger partial charge in [-0.15, -0.1) is 0 Å². The Balaban J connectivity index is 1.81. The predicted octanol–water partition coefficient (Wildman–Crippen LogP) is 2.23. The molecule has 2 aromatic rings. The molecular formula is C19H26N4O. The van der Waals surface area contributed by atoms with Crippen molar-refractivity contribution in [1.82, 2.24) is 10.2 Å². The molecular weight excluding hydrogens is 300 g/mol. The minimum absolute atomic E-state index is 0.442. The largest absolute Gasteiger partial charge is 0.492 e. The van der Waals surface area contributed by atoms with Crippen LogP contribution >= 0.6 is 0 Å². The fourth-order valence-electron chi connectivity index (χ4n) is 2.10. The van der Waals surface area contributed by atoms with Gasteiger partial charge in [-0.25, -0.2) is 4.99 Å². The number of benzene rings is 2. The molecule has 128 valence electrons. The molecule has 0 saturated heterocycles. The fraction of sp³-hybridized carbons (Fsp3) is 0.316. The third-order valence-corrected chi connectivity index (χ3v) is 3.45. The second kappa shape index (κ2) is 9.57. The molecule has 24 heavy (non-hydrogen) atoms. The Hall–Kier alpha value is -2.53. The molecule has 2 rings (SSSR count). The van der Waals surface area contributed by atoms with Crippen molar-refractivity contribution in [3.63, 3.8) is 0 Å². The number of hydrogen-bond donors (Lipinski definition) is 2. The lowest BCUT2D eigenvalue weighted by Crippen LogP contribution is -2.31. The highest BCUT2D eigenvalue weighted by molar-refractivity contribution is 5.77. The molecule has 0 heterocycles. The normalized spacial score (nSPS) is 11.5. The minimum atomic E-state index is 0.442. The van der Waals surface area contributed by atoms with Gasteiger partial charge in [0.1, 0.15) is 12.4 Å². The SMILES string of the molecule is CN(C)CCOc1cccc(CN=C(N)NCc2ccccc2)c1. The van der Waals surface area contributed by atoms with Crippen LogP contribution in [0, 0.1) is 0 Å². The van der Waals surface area contributed by atoms with Gasteiger partial charge in [-0.3, -0.25) is 0 Å². The summed E-state index contributed by atoms with van der Waals surface area (Å²) < 4.78 is 5.73. The third kappa shape index (κ3) is 6.71. The van der Waals surface area contributed by atoms with Crippen molar-refractivity contribution >= 4 is 5.96 Å². The summed E-state index contributed by atoms with van der Waals surface area (Å²) in [4.78, 5) is 6.47. The van der Waals surface area contributed by atoms with Gasteiger partial charge in [0.15, 0.2) is 5.96 Å². The number of aliphatic imine (C=N–C) groups is 1. The van der Waals surface area contributed by atoms with E-state index in [1.54, 1.807) is 0 Å². The minimum Gasteiger partial charge on any atom is -0.492 e. The average molecular weight is 326 g/mol. The van der Waals surface area contributed by atoms with Crippen LogP contribution in [0.2, 0.25) is 0 Å². The fourth-order valence-corrected chi connectivity index (χ4v) is 2.10. The van der Waals surface area contributed by atoms with Crippen molar-refractivity contribution < 1.29 is 4.74 Å². The summed E-state index contributed by atoms with van der Waals surface area (Å²) in [6.07, 6.45) is 0. The van der Waals surface area contributed by atoms with Gasteiger partial charge in [0.25, 0.3) is 0 Å². The lowest BCUT2D eigenvalue weighted by molar-refractivity contribution is 0.261. The van der Waals surface area contributed by atoms with E-state index in [0.29, 0.717) is 25.7 Å². The van der Waals surface area contributed by atoms with Crippen LogP contribution in [0.1, 0.15) is 11.1 Å². The summed E-state index contributed by atoms with van der Waals surface area (Å²) in [7, 11) is 4.05. The maximum atomic E-state index is 5.92. The average Bonchev–Trinajstić information content (AvgIpc) is 2.59. The van der Waals surface area contributed by atoms with E-state index in [2.05, 4.69) is 27.3 Å². The highest BCUT2D eigenvalue weighted by atomic mass is 16.5. The molecule has 0 aliphatic carbocycles. The van der Waals surface area contributed by atoms with Crippen molar-refractivity contribution in [1.29, 1.82) is 0 Å². The first-order chi connectivity index (χ1) is 11.6. The van der Waals surface area contributed by atoms with Gasteiger partial charge in [0.05, 0.1) is 6.54 Å². The molecule has 0 aliphatic heterocycles. The summed E-state index contributed by atoms with van der Waals surface area (Å²) in [6, 6.07) is 18.1. The molecule has 3 N–H and O–H groups in total. The Labute approximate surface area is 144 Å². The van der Waals surface area contributed by atoms with Crippen molar-refractivity contribution in [3.05, 3.63) is 65.7 Å². The number of nitrogens with two attached hydrogens (primary N) is 1. The van der Waals surface area contributed by atoms with Gasteiger partial charge in [0, 0.05) is 13.1 Å². The summed E-state index contributed by atoms with van der Waals surface area (Å²) in [5, 5.41) is 3.12. The summed E-state index contributed by atoms with van der Waals surface area (Å²) in [5.74, 6) is 1.30. The second-order valence-corrected chi connectivity index (χ2v) is 5.84. The molecule has 0 aromatic heterocycles. The van der Waals surface area contributed by atoms with Gasteiger partial charge >= 0.3 is 0 Å². The van der Waals surface area contributed by atoms with E-state index in [9.17, 15) is 0 Å². The molecule has 2 aromatic carbocycles. The van der Waals surface area contributed by atoms with Gasteiger partial charge < -0.3 is 20.7 Å². The van der Waals surface area contributed by atoms with Gasteiger partial charge in [-0.05, 0) is 37.4 Å². The number of nitrogens with one attached hydrogen (secondary N) is 1. The molecule has 0 atom stereocenters.